The maximum Gasteiger partial charge on any atom is 0.173 e. The number of rotatable bonds is 1. The van der Waals surface area contributed by atoms with Gasteiger partial charge in [-0.1, -0.05) is 5.16 Å². The van der Waals surface area contributed by atoms with Crippen LogP contribution in [0.4, 0.5) is 0 Å². The van der Waals surface area contributed by atoms with Gasteiger partial charge < -0.3 is 15.3 Å². The number of hydrogen-bond donors (Lipinski definition) is 2. The molecule has 0 unspecified atom stereocenters. The molecule has 0 spiro atoms. The zero-order valence-corrected chi connectivity index (χ0v) is 7.68. The van der Waals surface area contributed by atoms with Crippen molar-refractivity contribution >= 4 is 11.5 Å². The van der Waals surface area contributed by atoms with Gasteiger partial charge in [0.1, 0.15) is 5.65 Å². The lowest BCUT2D eigenvalue weighted by atomic mass is 10.2. The second-order valence-corrected chi connectivity index (χ2v) is 3.02. The molecule has 0 radical (unpaired) electrons. The molecule has 2 aromatic heterocycles. The summed E-state index contributed by atoms with van der Waals surface area (Å²) < 4.78 is 1.84. The number of aromatic nitrogens is 2. The number of nitrogens with two attached hydrogens (primary N) is 1. The van der Waals surface area contributed by atoms with E-state index in [2.05, 4.69) is 10.1 Å². The van der Waals surface area contributed by atoms with Crippen LogP contribution in [0.25, 0.3) is 5.65 Å². The lowest BCUT2D eigenvalue weighted by Crippen LogP contribution is -2.14. The van der Waals surface area contributed by atoms with Crippen LogP contribution in [0.5, 0.6) is 0 Å². The highest BCUT2D eigenvalue weighted by Gasteiger charge is 2.07. The first-order valence-electron chi connectivity index (χ1n) is 4.14. The standard InChI is InChI=1S/C9H10N4O/c1-6-5-13-4-2-3-7(8(10)12-14)9(13)11-6/h2-5,14H,1H3,(H2,10,12). The molecule has 2 rings (SSSR count). The number of oxime groups is 1. The third kappa shape index (κ3) is 1.19. The van der Waals surface area contributed by atoms with Crippen LogP contribution in [0.15, 0.2) is 29.7 Å². The minimum atomic E-state index is 0.0706. The van der Waals surface area contributed by atoms with E-state index in [1.165, 1.54) is 0 Å². The van der Waals surface area contributed by atoms with Crippen molar-refractivity contribution < 1.29 is 5.21 Å². The zero-order chi connectivity index (χ0) is 10.1. The van der Waals surface area contributed by atoms with E-state index in [9.17, 15) is 0 Å². The van der Waals surface area contributed by atoms with Gasteiger partial charge in [-0.25, -0.2) is 4.98 Å². The minimum absolute atomic E-state index is 0.0706. The largest absolute Gasteiger partial charge is 0.409 e. The Labute approximate surface area is 80.5 Å². The van der Waals surface area contributed by atoms with E-state index in [1.54, 1.807) is 6.07 Å². The molecular weight excluding hydrogens is 180 g/mol. The van der Waals surface area contributed by atoms with Crippen LogP contribution in [0, 0.1) is 6.92 Å². The maximum atomic E-state index is 8.58. The number of hydrogen-bond acceptors (Lipinski definition) is 3. The van der Waals surface area contributed by atoms with Crippen LogP contribution >= 0.6 is 0 Å². The quantitative estimate of drug-likeness (QED) is 0.301. The van der Waals surface area contributed by atoms with E-state index in [0.29, 0.717) is 11.2 Å². The van der Waals surface area contributed by atoms with E-state index in [-0.39, 0.29) is 5.84 Å². The molecule has 0 amide bonds. The van der Waals surface area contributed by atoms with Crippen LogP contribution in [0.3, 0.4) is 0 Å². The van der Waals surface area contributed by atoms with Gasteiger partial charge in [0.05, 0.1) is 11.3 Å². The van der Waals surface area contributed by atoms with Crippen molar-refractivity contribution in [2.45, 2.75) is 6.92 Å². The van der Waals surface area contributed by atoms with Crippen molar-refractivity contribution in [2.75, 3.05) is 0 Å². The zero-order valence-electron chi connectivity index (χ0n) is 7.68. The summed E-state index contributed by atoms with van der Waals surface area (Å²) in [5.41, 5.74) is 7.73. The second-order valence-electron chi connectivity index (χ2n) is 3.02. The monoisotopic (exact) mass is 190 g/mol. The van der Waals surface area contributed by atoms with Gasteiger partial charge in [0.2, 0.25) is 0 Å². The van der Waals surface area contributed by atoms with Crippen LogP contribution < -0.4 is 5.73 Å². The number of imidazole rings is 1. The Balaban J connectivity index is 2.76. The summed E-state index contributed by atoms with van der Waals surface area (Å²) in [6.45, 7) is 1.89. The Morgan fingerprint density at radius 3 is 3.14 bits per heavy atom. The van der Waals surface area contributed by atoms with E-state index in [1.807, 2.05) is 29.8 Å². The third-order valence-corrected chi connectivity index (χ3v) is 1.99. The first-order valence-corrected chi connectivity index (χ1v) is 4.14. The smallest absolute Gasteiger partial charge is 0.173 e. The van der Waals surface area contributed by atoms with Gasteiger partial charge in [-0.15, -0.1) is 0 Å². The second kappa shape index (κ2) is 3.02. The number of pyridine rings is 1. The fourth-order valence-corrected chi connectivity index (χ4v) is 1.39. The summed E-state index contributed by atoms with van der Waals surface area (Å²) in [6, 6.07) is 3.58. The highest BCUT2D eigenvalue weighted by molar-refractivity contribution is 6.02. The van der Waals surface area contributed by atoms with Gasteiger partial charge in [0.25, 0.3) is 0 Å². The summed E-state index contributed by atoms with van der Waals surface area (Å²) in [5.74, 6) is 0.0706. The molecule has 0 aliphatic carbocycles. The van der Waals surface area contributed by atoms with Gasteiger partial charge in [-0.3, -0.25) is 0 Å². The van der Waals surface area contributed by atoms with Crippen molar-refractivity contribution in [1.29, 1.82) is 0 Å². The van der Waals surface area contributed by atoms with Gasteiger partial charge >= 0.3 is 0 Å². The minimum Gasteiger partial charge on any atom is -0.409 e. The highest BCUT2D eigenvalue weighted by Crippen LogP contribution is 2.10. The summed E-state index contributed by atoms with van der Waals surface area (Å²) in [7, 11) is 0. The Hall–Kier alpha value is -2.04. The Morgan fingerprint density at radius 2 is 2.43 bits per heavy atom. The first kappa shape index (κ1) is 8.55. The molecule has 5 heteroatoms. The highest BCUT2D eigenvalue weighted by atomic mass is 16.4. The topological polar surface area (TPSA) is 75.9 Å². The van der Waals surface area contributed by atoms with Gasteiger partial charge in [-0.2, -0.15) is 0 Å². The number of nitrogens with zero attached hydrogens (tertiary/aromatic N) is 3. The average Bonchev–Trinajstić information content (AvgIpc) is 2.56. The molecule has 0 saturated carbocycles. The molecule has 2 aromatic rings. The Kier molecular flexibility index (Phi) is 1.85. The van der Waals surface area contributed by atoms with Crippen molar-refractivity contribution in [3.05, 3.63) is 35.8 Å². The molecule has 2 heterocycles. The molecular formula is C9H10N4O. The van der Waals surface area contributed by atoms with Gasteiger partial charge in [0.15, 0.2) is 5.84 Å². The van der Waals surface area contributed by atoms with E-state index < -0.39 is 0 Å². The average molecular weight is 190 g/mol. The third-order valence-electron chi connectivity index (χ3n) is 1.99. The Morgan fingerprint density at radius 1 is 1.64 bits per heavy atom. The van der Waals surface area contributed by atoms with Crippen LogP contribution in [-0.4, -0.2) is 20.4 Å². The van der Waals surface area contributed by atoms with E-state index in [4.69, 9.17) is 10.9 Å². The summed E-state index contributed by atoms with van der Waals surface area (Å²) in [5, 5.41) is 11.5. The predicted octanol–water partition coefficient (Wildman–Crippen LogP) is 0.737. The molecule has 0 fully saturated rings. The van der Waals surface area contributed by atoms with Crippen LogP contribution in [-0.2, 0) is 0 Å². The molecule has 72 valence electrons. The van der Waals surface area contributed by atoms with Crippen molar-refractivity contribution in [3.63, 3.8) is 0 Å². The van der Waals surface area contributed by atoms with Crippen molar-refractivity contribution in [1.82, 2.24) is 9.38 Å². The summed E-state index contributed by atoms with van der Waals surface area (Å²) >= 11 is 0. The fourth-order valence-electron chi connectivity index (χ4n) is 1.39. The number of fused-ring (bicyclic) bond motifs is 1. The first-order chi connectivity index (χ1) is 6.72. The van der Waals surface area contributed by atoms with Crippen LogP contribution in [0.1, 0.15) is 11.3 Å². The molecule has 0 aromatic carbocycles. The molecule has 0 aliphatic heterocycles. The molecule has 0 aliphatic rings. The summed E-state index contributed by atoms with van der Waals surface area (Å²) in [4.78, 5) is 4.27. The molecule has 5 nitrogen and oxygen atoms in total. The molecule has 0 atom stereocenters. The molecule has 0 bridgehead atoms. The normalized spacial score (nSPS) is 12.2. The van der Waals surface area contributed by atoms with E-state index in [0.717, 1.165) is 5.69 Å². The van der Waals surface area contributed by atoms with Gasteiger partial charge in [-0.05, 0) is 19.1 Å². The SMILES string of the molecule is Cc1cn2cccc(C(N)=NO)c2n1. The van der Waals surface area contributed by atoms with Crippen molar-refractivity contribution in [2.24, 2.45) is 10.9 Å². The van der Waals surface area contributed by atoms with Crippen molar-refractivity contribution in [3.8, 4) is 0 Å². The number of amidine groups is 1. The molecule has 0 saturated heterocycles. The molecule has 14 heavy (non-hydrogen) atoms. The molecule has 3 N–H and O–H groups in total. The predicted molar refractivity (Wildman–Crippen MR) is 52.4 cm³/mol. The summed E-state index contributed by atoms with van der Waals surface area (Å²) in [6.07, 6.45) is 3.74. The van der Waals surface area contributed by atoms with Crippen LogP contribution in [0.2, 0.25) is 0 Å². The maximum absolute atomic E-state index is 8.58. The lowest BCUT2D eigenvalue weighted by Gasteiger charge is -1.99. The van der Waals surface area contributed by atoms with Gasteiger partial charge in [0, 0.05) is 12.4 Å². The Bertz CT molecular complexity index is 500. The number of aryl methyl sites for hydroxylation is 1. The lowest BCUT2D eigenvalue weighted by molar-refractivity contribution is 0.318. The van der Waals surface area contributed by atoms with E-state index >= 15 is 0 Å². The fraction of sp³-hybridized carbons (Fsp3) is 0.111.